The highest BCUT2D eigenvalue weighted by atomic mass is 35.5. The van der Waals surface area contributed by atoms with Gasteiger partial charge in [-0.2, -0.15) is 0 Å². The molecule has 5 heteroatoms. The molecule has 0 spiro atoms. The van der Waals surface area contributed by atoms with Crippen molar-refractivity contribution in [1.29, 1.82) is 0 Å². The zero-order valence-corrected chi connectivity index (χ0v) is 12.3. The van der Waals surface area contributed by atoms with E-state index in [4.69, 9.17) is 22.1 Å². The Morgan fingerprint density at radius 1 is 1.47 bits per heavy atom. The molecule has 0 saturated heterocycles. The maximum atomic E-state index is 12.2. The standard InChI is InChI=1S/C14H21ClN2O2/c1-4-19-13-6-5-10(15)7-12(13)17-14(18)11(8-16)9(2)3/h5-7,9,11H,4,8,16H2,1-3H3,(H,17,18). The van der Waals surface area contributed by atoms with Gasteiger partial charge in [0, 0.05) is 11.6 Å². The Kier molecular flexibility index (Phi) is 6.12. The summed E-state index contributed by atoms with van der Waals surface area (Å²) in [6, 6.07) is 5.15. The molecule has 0 aliphatic rings. The number of ether oxygens (including phenoxy) is 1. The SMILES string of the molecule is CCOc1ccc(Cl)cc1NC(=O)C(CN)C(C)C. The normalized spacial score (nSPS) is 12.3. The maximum Gasteiger partial charge on any atom is 0.229 e. The number of halogens is 1. The molecule has 0 fully saturated rings. The third kappa shape index (κ3) is 4.40. The molecule has 1 amide bonds. The van der Waals surface area contributed by atoms with Gasteiger partial charge in [-0.05, 0) is 31.0 Å². The third-order valence-electron chi connectivity index (χ3n) is 2.89. The van der Waals surface area contributed by atoms with Crippen molar-refractivity contribution < 1.29 is 9.53 Å². The Hall–Kier alpha value is -1.26. The lowest BCUT2D eigenvalue weighted by Crippen LogP contribution is -2.33. The van der Waals surface area contributed by atoms with Gasteiger partial charge in [0.25, 0.3) is 0 Å². The highest BCUT2D eigenvalue weighted by molar-refractivity contribution is 6.31. The molecule has 0 aromatic heterocycles. The van der Waals surface area contributed by atoms with E-state index in [1.54, 1.807) is 18.2 Å². The van der Waals surface area contributed by atoms with Gasteiger partial charge in [0.1, 0.15) is 5.75 Å². The van der Waals surface area contributed by atoms with E-state index in [-0.39, 0.29) is 17.7 Å². The topological polar surface area (TPSA) is 64.3 Å². The van der Waals surface area contributed by atoms with Crippen molar-refractivity contribution in [3.8, 4) is 5.75 Å². The molecule has 4 nitrogen and oxygen atoms in total. The molecule has 1 atom stereocenters. The first-order valence-electron chi connectivity index (χ1n) is 6.42. The van der Waals surface area contributed by atoms with Crippen LogP contribution in [-0.2, 0) is 4.79 Å². The zero-order chi connectivity index (χ0) is 14.4. The van der Waals surface area contributed by atoms with Crippen molar-refractivity contribution >= 4 is 23.2 Å². The first-order valence-corrected chi connectivity index (χ1v) is 6.80. The molecule has 0 bridgehead atoms. The van der Waals surface area contributed by atoms with E-state index in [1.807, 2.05) is 20.8 Å². The second kappa shape index (κ2) is 7.36. The lowest BCUT2D eigenvalue weighted by Gasteiger charge is -2.19. The van der Waals surface area contributed by atoms with Crippen LogP contribution in [0.25, 0.3) is 0 Å². The number of carbonyl (C=O) groups excluding carboxylic acids is 1. The van der Waals surface area contributed by atoms with Gasteiger partial charge >= 0.3 is 0 Å². The highest BCUT2D eigenvalue weighted by Gasteiger charge is 2.21. The number of hydrogen-bond acceptors (Lipinski definition) is 3. The summed E-state index contributed by atoms with van der Waals surface area (Å²) in [5.74, 6) is 0.452. The molecule has 1 rings (SSSR count). The summed E-state index contributed by atoms with van der Waals surface area (Å²) in [6.45, 7) is 6.66. The maximum absolute atomic E-state index is 12.2. The highest BCUT2D eigenvalue weighted by Crippen LogP contribution is 2.28. The molecular formula is C14H21ClN2O2. The van der Waals surface area contributed by atoms with Crippen LogP contribution in [0.5, 0.6) is 5.75 Å². The van der Waals surface area contributed by atoms with Gasteiger partial charge in [0.15, 0.2) is 0 Å². The van der Waals surface area contributed by atoms with Crippen LogP contribution in [0.3, 0.4) is 0 Å². The fraction of sp³-hybridized carbons (Fsp3) is 0.500. The lowest BCUT2D eigenvalue weighted by atomic mass is 9.95. The second-order valence-corrected chi connectivity index (χ2v) is 5.09. The molecule has 3 N–H and O–H groups in total. The first kappa shape index (κ1) is 15.8. The molecule has 0 aliphatic carbocycles. The molecular weight excluding hydrogens is 264 g/mol. The Morgan fingerprint density at radius 3 is 2.68 bits per heavy atom. The predicted molar refractivity (Wildman–Crippen MR) is 78.6 cm³/mol. The van der Waals surface area contributed by atoms with Crippen LogP contribution in [0.1, 0.15) is 20.8 Å². The van der Waals surface area contributed by atoms with Crippen molar-refractivity contribution in [2.75, 3.05) is 18.5 Å². The predicted octanol–water partition coefficient (Wildman–Crippen LogP) is 2.91. The summed E-state index contributed by atoms with van der Waals surface area (Å²) < 4.78 is 5.46. The molecule has 0 heterocycles. The van der Waals surface area contributed by atoms with Crippen LogP contribution in [0, 0.1) is 11.8 Å². The number of nitrogens with one attached hydrogen (secondary N) is 1. The first-order chi connectivity index (χ1) is 8.99. The number of amides is 1. The molecule has 19 heavy (non-hydrogen) atoms. The van der Waals surface area contributed by atoms with E-state index in [9.17, 15) is 4.79 Å². The summed E-state index contributed by atoms with van der Waals surface area (Å²) in [4.78, 5) is 12.2. The van der Waals surface area contributed by atoms with E-state index in [0.29, 0.717) is 29.6 Å². The number of rotatable bonds is 6. The molecule has 0 aliphatic heterocycles. The third-order valence-corrected chi connectivity index (χ3v) is 3.13. The monoisotopic (exact) mass is 284 g/mol. The zero-order valence-electron chi connectivity index (χ0n) is 11.6. The average molecular weight is 285 g/mol. The van der Waals surface area contributed by atoms with Crippen molar-refractivity contribution in [1.82, 2.24) is 0 Å². The Balaban J connectivity index is 2.91. The largest absolute Gasteiger partial charge is 0.492 e. The summed E-state index contributed by atoms with van der Waals surface area (Å²) >= 11 is 5.94. The Morgan fingerprint density at radius 2 is 2.16 bits per heavy atom. The molecule has 0 radical (unpaired) electrons. The number of carbonyl (C=O) groups is 1. The number of nitrogens with two attached hydrogens (primary N) is 1. The van der Waals surface area contributed by atoms with Crippen LogP contribution in [0.15, 0.2) is 18.2 Å². The minimum Gasteiger partial charge on any atom is -0.492 e. The van der Waals surface area contributed by atoms with Gasteiger partial charge in [-0.3, -0.25) is 4.79 Å². The van der Waals surface area contributed by atoms with E-state index in [1.165, 1.54) is 0 Å². The van der Waals surface area contributed by atoms with Crippen LogP contribution in [0.2, 0.25) is 5.02 Å². The van der Waals surface area contributed by atoms with Crippen LogP contribution in [-0.4, -0.2) is 19.1 Å². The number of hydrogen-bond donors (Lipinski definition) is 2. The van der Waals surface area contributed by atoms with Crippen molar-refractivity contribution in [3.63, 3.8) is 0 Å². The van der Waals surface area contributed by atoms with Gasteiger partial charge in [0.2, 0.25) is 5.91 Å². The van der Waals surface area contributed by atoms with Gasteiger partial charge in [-0.25, -0.2) is 0 Å². The van der Waals surface area contributed by atoms with Gasteiger partial charge < -0.3 is 15.8 Å². The van der Waals surface area contributed by atoms with Gasteiger partial charge in [-0.15, -0.1) is 0 Å². The molecule has 1 aromatic carbocycles. The van der Waals surface area contributed by atoms with Crippen LogP contribution in [0.4, 0.5) is 5.69 Å². The van der Waals surface area contributed by atoms with Crippen LogP contribution < -0.4 is 15.8 Å². The molecule has 1 unspecified atom stereocenters. The van der Waals surface area contributed by atoms with E-state index in [2.05, 4.69) is 5.32 Å². The minimum atomic E-state index is -0.228. The van der Waals surface area contributed by atoms with Crippen LogP contribution >= 0.6 is 11.6 Å². The number of benzene rings is 1. The second-order valence-electron chi connectivity index (χ2n) is 4.65. The minimum absolute atomic E-state index is 0.110. The smallest absolute Gasteiger partial charge is 0.229 e. The van der Waals surface area contributed by atoms with Crippen molar-refractivity contribution in [2.45, 2.75) is 20.8 Å². The summed E-state index contributed by atoms with van der Waals surface area (Å²) in [5.41, 5.74) is 6.22. The van der Waals surface area contributed by atoms with E-state index < -0.39 is 0 Å². The molecule has 106 valence electrons. The van der Waals surface area contributed by atoms with E-state index >= 15 is 0 Å². The Labute approximate surface area is 119 Å². The summed E-state index contributed by atoms with van der Waals surface area (Å²) in [6.07, 6.45) is 0. The lowest BCUT2D eigenvalue weighted by molar-refractivity contribution is -0.120. The molecule has 0 saturated carbocycles. The number of anilines is 1. The van der Waals surface area contributed by atoms with Gasteiger partial charge in [-0.1, -0.05) is 25.4 Å². The summed E-state index contributed by atoms with van der Waals surface area (Å²) in [5, 5.41) is 3.39. The van der Waals surface area contributed by atoms with Crippen molar-refractivity contribution in [3.05, 3.63) is 23.2 Å². The quantitative estimate of drug-likeness (QED) is 0.844. The fourth-order valence-corrected chi connectivity index (χ4v) is 1.96. The fourth-order valence-electron chi connectivity index (χ4n) is 1.79. The van der Waals surface area contributed by atoms with Gasteiger partial charge in [0.05, 0.1) is 18.2 Å². The average Bonchev–Trinajstić information content (AvgIpc) is 2.33. The summed E-state index contributed by atoms with van der Waals surface area (Å²) in [7, 11) is 0. The molecule has 1 aromatic rings. The Bertz CT molecular complexity index is 435. The van der Waals surface area contributed by atoms with E-state index in [0.717, 1.165) is 0 Å². The van der Waals surface area contributed by atoms with Crippen molar-refractivity contribution in [2.24, 2.45) is 17.6 Å².